The fourth-order valence-corrected chi connectivity index (χ4v) is 2.34. The Kier molecular flexibility index (Phi) is 10.0. The van der Waals surface area contributed by atoms with Crippen LogP contribution in [0.2, 0.25) is 0 Å². The number of amides is 1. The second-order valence-corrected chi connectivity index (χ2v) is 5.31. The minimum absolute atomic E-state index is 0.231. The molecule has 0 saturated heterocycles. The molecule has 1 aromatic rings. The van der Waals surface area contributed by atoms with Crippen LogP contribution in [-0.2, 0) is 15.9 Å². The Balaban J connectivity index is 2.51. The number of nitrogens with one attached hydrogen (secondary N) is 2. The fourth-order valence-electron chi connectivity index (χ4n) is 2.34. The highest BCUT2D eigenvalue weighted by Crippen LogP contribution is 2.06. The highest BCUT2D eigenvalue weighted by molar-refractivity contribution is 5.65. The summed E-state index contributed by atoms with van der Waals surface area (Å²) in [7, 11) is 0. The molecule has 0 heterocycles. The normalized spacial score (nSPS) is 13.7. The third kappa shape index (κ3) is 8.26. The molecule has 7 nitrogen and oxygen atoms in total. The maximum Gasteiger partial charge on any atom is 0.404 e. The molecule has 1 rings (SSSR count). The highest BCUT2D eigenvalue weighted by Gasteiger charge is 2.21. The summed E-state index contributed by atoms with van der Waals surface area (Å²) in [6, 6.07) is 8.85. The molecule has 1 aromatic carbocycles. The minimum atomic E-state index is -1.16. The summed E-state index contributed by atoms with van der Waals surface area (Å²) in [5, 5.41) is 24.7. The van der Waals surface area contributed by atoms with Crippen LogP contribution in [0.1, 0.15) is 19.4 Å². The van der Waals surface area contributed by atoms with Crippen LogP contribution >= 0.6 is 0 Å². The smallest absolute Gasteiger partial charge is 0.404 e. The maximum atomic E-state index is 11.0. The number of ether oxygens (including phenoxy) is 2. The van der Waals surface area contributed by atoms with Gasteiger partial charge in [-0.2, -0.15) is 0 Å². The van der Waals surface area contributed by atoms with Gasteiger partial charge in [0, 0.05) is 26.3 Å². The molecular formula is C17H28N2O5. The average Bonchev–Trinajstić information content (AvgIpc) is 2.55. The quantitative estimate of drug-likeness (QED) is 0.427. The number of aliphatic hydroxyl groups is 1. The molecule has 0 fully saturated rings. The monoisotopic (exact) mass is 340 g/mol. The predicted molar refractivity (Wildman–Crippen MR) is 91.0 cm³/mol. The van der Waals surface area contributed by atoms with Gasteiger partial charge in [0.2, 0.25) is 0 Å². The molecule has 0 saturated carbocycles. The molecule has 0 spiro atoms. The lowest BCUT2D eigenvalue weighted by molar-refractivity contribution is -0.133. The molecule has 0 unspecified atom stereocenters. The molecule has 136 valence electrons. The first-order valence-corrected chi connectivity index (χ1v) is 8.22. The fraction of sp³-hybridized carbons (Fsp3) is 0.588. The Morgan fingerprint density at radius 2 is 1.75 bits per heavy atom. The number of aliphatic hydroxyl groups excluding tert-OH is 1. The largest absolute Gasteiger partial charge is 0.465 e. The van der Waals surface area contributed by atoms with Crippen LogP contribution < -0.4 is 10.6 Å². The van der Waals surface area contributed by atoms with Crippen molar-refractivity contribution < 1.29 is 24.5 Å². The van der Waals surface area contributed by atoms with Gasteiger partial charge in [0.05, 0.1) is 12.1 Å². The standard InChI is InChI=1S/C17H28N2O5/c1-3-23-16(24-4-2)12-18-11-15(20)14(19-17(21)22)10-13-8-6-5-7-9-13/h5-9,14-16,18-20H,3-4,10-12H2,1-2H3,(H,21,22)/t14-,15-/m0/s1. The highest BCUT2D eigenvalue weighted by atomic mass is 16.7. The Morgan fingerprint density at radius 1 is 1.12 bits per heavy atom. The summed E-state index contributed by atoms with van der Waals surface area (Å²) in [4.78, 5) is 11.0. The van der Waals surface area contributed by atoms with Gasteiger partial charge in [-0.25, -0.2) is 4.79 Å². The zero-order valence-corrected chi connectivity index (χ0v) is 14.3. The van der Waals surface area contributed by atoms with E-state index in [1.54, 1.807) is 0 Å². The third-order valence-corrected chi connectivity index (χ3v) is 3.44. The van der Waals surface area contributed by atoms with E-state index in [0.717, 1.165) is 5.56 Å². The van der Waals surface area contributed by atoms with Crippen molar-refractivity contribution in [3.63, 3.8) is 0 Å². The van der Waals surface area contributed by atoms with Gasteiger partial charge in [-0.3, -0.25) is 0 Å². The van der Waals surface area contributed by atoms with Crippen molar-refractivity contribution in [1.82, 2.24) is 10.6 Å². The van der Waals surface area contributed by atoms with Crippen LogP contribution in [0.15, 0.2) is 30.3 Å². The van der Waals surface area contributed by atoms with Crippen molar-refractivity contribution in [2.75, 3.05) is 26.3 Å². The zero-order valence-electron chi connectivity index (χ0n) is 14.3. The molecule has 2 atom stereocenters. The second-order valence-electron chi connectivity index (χ2n) is 5.31. The molecule has 0 aliphatic carbocycles. The van der Waals surface area contributed by atoms with Gasteiger partial charge in [0.1, 0.15) is 0 Å². The van der Waals surface area contributed by atoms with Crippen LogP contribution in [0.3, 0.4) is 0 Å². The van der Waals surface area contributed by atoms with E-state index in [-0.39, 0.29) is 12.8 Å². The van der Waals surface area contributed by atoms with Gasteiger partial charge in [-0.15, -0.1) is 0 Å². The molecule has 0 aliphatic rings. The van der Waals surface area contributed by atoms with Crippen LogP contribution in [0.4, 0.5) is 4.79 Å². The lowest BCUT2D eigenvalue weighted by Gasteiger charge is -2.24. The van der Waals surface area contributed by atoms with Gasteiger partial charge < -0.3 is 30.3 Å². The maximum absolute atomic E-state index is 11.0. The summed E-state index contributed by atoms with van der Waals surface area (Å²) >= 11 is 0. The van der Waals surface area contributed by atoms with Crippen molar-refractivity contribution in [2.24, 2.45) is 0 Å². The number of carbonyl (C=O) groups is 1. The number of rotatable bonds is 12. The van der Waals surface area contributed by atoms with E-state index in [4.69, 9.17) is 14.6 Å². The summed E-state index contributed by atoms with van der Waals surface area (Å²) < 4.78 is 10.8. The lowest BCUT2D eigenvalue weighted by Crippen LogP contribution is -2.49. The molecule has 7 heteroatoms. The Bertz CT molecular complexity index is 452. The molecule has 0 aromatic heterocycles. The first kappa shape index (κ1) is 20.4. The van der Waals surface area contributed by atoms with Gasteiger partial charge >= 0.3 is 6.09 Å². The van der Waals surface area contributed by atoms with Crippen molar-refractivity contribution in [2.45, 2.75) is 38.7 Å². The van der Waals surface area contributed by atoms with E-state index in [0.29, 0.717) is 26.2 Å². The van der Waals surface area contributed by atoms with Gasteiger partial charge in [0.25, 0.3) is 0 Å². The second kappa shape index (κ2) is 11.8. The zero-order chi connectivity index (χ0) is 17.8. The molecule has 4 N–H and O–H groups in total. The van der Waals surface area contributed by atoms with E-state index in [9.17, 15) is 9.90 Å². The van der Waals surface area contributed by atoms with E-state index in [1.165, 1.54) is 0 Å². The molecule has 24 heavy (non-hydrogen) atoms. The van der Waals surface area contributed by atoms with Crippen LogP contribution in [0, 0.1) is 0 Å². The van der Waals surface area contributed by atoms with Crippen molar-refractivity contribution in [3.05, 3.63) is 35.9 Å². The molecule has 1 amide bonds. The Labute approximate surface area is 143 Å². The van der Waals surface area contributed by atoms with Crippen molar-refractivity contribution in [3.8, 4) is 0 Å². The van der Waals surface area contributed by atoms with E-state index in [1.807, 2.05) is 44.2 Å². The molecule has 0 aliphatic heterocycles. The molecule has 0 radical (unpaired) electrons. The molecule has 0 bridgehead atoms. The third-order valence-electron chi connectivity index (χ3n) is 3.44. The summed E-state index contributed by atoms with van der Waals surface area (Å²) in [5.41, 5.74) is 0.955. The van der Waals surface area contributed by atoms with Gasteiger partial charge in [-0.1, -0.05) is 30.3 Å². The van der Waals surface area contributed by atoms with Gasteiger partial charge in [-0.05, 0) is 25.8 Å². The van der Waals surface area contributed by atoms with Crippen LogP contribution in [-0.4, -0.2) is 61.0 Å². The number of carboxylic acid groups (broad SMARTS) is 1. The van der Waals surface area contributed by atoms with Crippen LogP contribution in [0.5, 0.6) is 0 Å². The van der Waals surface area contributed by atoms with E-state index < -0.39 is 18.2 Å². The lowest BCUT2D eigenvalue weighted by atomic mass is 10.0. The summed E-state index contributed by atoms with van der Waals surface area (Å²) in [6.07, 6.45) is -2.00. The Hall–Kier alpha value is -1.67. The number of hydrogen-bond donors (Lipinski definition) is 4. The first-order valence-electron chi connectivity index (χ1n) is 8.22. The van der Waals surface area contributed by atoms with E-state index >= 15 is 0 Å². The number of benzene rings is 1. The predicted octanol–water partition coefficient (Wildman–Crippen LogP) is 1.21. The minimum Gasteiger partial charge on any atom is -0.465 e. The first-order chi connectivity index (χ1) is 11.6. The van der Waals surface area contributed by atoms with E-state index in [2.05, 4.69) is 10.6 Å². The SMILES string of the molecule is CCOC(CNC[C@H](O)[C@H](Cc1ccccc1)NC(=O)O)OCC. The van der Waals surface area contributed by atoms with Crippen molar-refractivity contribution >= 4 is 6.09 Å². The summed E-state index contributed by atoms with van der Waals surface area (Å²) in [6.45, 7) is 5.48. The Morgan fingerprint density at radius 3 is 2.29 bits per heavy atom. The molecular weight excluding hydrogens is 312 g/mol. The topological polar surface area (TPSA) is 100 Å². The average molecular weight is 340 g/mol. The van der Waals surface area contributed by atoms with Crippen molar-refractivity contribution in [1.29, 1.82) is 0 Å². The van der Waals surface area contributed by atoms with Crippen LogP contribution in [0.25, 0.3) is 0 Å². The summed E-state index contributed by atoms with van der Waals surface area (Å²) in [5.74, 6) is 0. The number of hydrogen-bond acceptors (Lipinski definition) is 5. The van der Waals surface area contributed by atoms with Gasteiger partial charge in [0.15, 0.2) is 6.29 Å².